The van der Waals surface area contributed by atoms with Gasteiger partial charge in [-0.2, -0.15) is 0 Å². The molecule has 0 bridgehead atoms. The average Bonchev–Trinajstić information content (AvgIpc) is 2.65. The maximum Gasteiger partial charge on any atom is 0.271 e. The van der Waals surface area contributed by atoms with Crippen molar-refractivity contribution in [1.29, 1.82) is 0 Å². The molecular formula is C19H14FN5O. The number of aromatic nitrogens is 3. The number of carbonyl (C=O) groups is 1. The summed E-state index contributed by atoms with van der Waals surface area (Å²) in [5.41, 5.74) is 7.76. The van der Waals surface area contributed by atoms with E-state index >= 15 is 0 Å². The van der Waals surface area contributed by atoms with Crippen LogP contribution < -0.4 is 11.1 Å². The van der Waals surface area contributed by atoms with Crippen molar-refractivity contribution in [3.8, 4) is 0 Å². The number of pyridine rings is 1. The summed E-state index contributed by atoms with van der Waals surface area (Å²) in [5.74, 6) is -0.951. The summed E-state index contributed by atoms with van der Waals surface area (Å²) in [7, 11) is 0. The van der Waals surface area contributed by atoms with Crippen LogP contribution in [0.2, 0.25) is 0 Å². The number of halogens is 1. The molecule has 0 aliphatic carbocycles. The predicted octanol–water partition coefficient (Wildman–Crippen LogP) is 2.83. The highest BCUT2D eigenvalue weighted by molar-refractivity contribution is 6.04. The molecule has 1 amide bonds. The van der Waals surface area contributed by atoms with Crippen molar-refractivity contribution < 1.29 is 9.18 Å². The molecule has 2 aromatic heterocycles. The average molecular weight is 347 g/mol. The Kier molecular flexibility index (Phi) is 3.89. The van der Waals surface area contributed by atoms with E-state index in [4.69, 9.17) is 5.73 Å². The molecule has 0 spiro atoms. The van der Waals surface area contributed by atoms with Gasteiger partial charge in [-0.15, -0.1) is 0 Å². The van der Waals surface area contributed by atoms with Gasteiger partial charge in [0.1, 0.15) is 11.5 Å². The number of carbonyl (C=O) groups excluding carboxylic acids is 1. The number of nitrogen functional groups attached to an aromatic ring is 1. The van der Waals surface area contributed by atoms with E-state index in [0.717, 1.165) is 16.5 Å². The zero-order valence-corrected chi connectivity index (χ0v) is 13.6. The van der Waals surface area contributed by atoms with Gasteiger partial charge in [-0.05, 0) is 23.8 Å². The zero-order chi connectivity index (χ0) is 18.1. The Hall–Kier alpha value is -3.61. The third kappa shape index (κ3) is 2.90. The van der Waals surface area contributed by atoms with E-state index in [1.54, 1.807) is 6.20 Å². The van der Waals surface area contributed by atoms with Crippen LogP contribution in [0.5, 0.6) is 0 Å². The molecule has 0 fully saturated rings. The van der Waals surface area contributed by atoms with E-state index in [9.17, 15) is 9.18 Å². The first kappa shape index (κ1) is 15.9. The number of nitrogens with one attached hydrogen (secondary N) is 1. The quantitative estimate of drug-likeness (QED) is 0.594. The lowest BCUT2D eigenvalue weighted by molar-refractivity contribution is 0.0948. The number of nitrogens with zero attached hydrogens (tertiary/aromatic N) is 3. The maximum atomic E-state index is 13.4. The lowest BCUT2D eigenvalue weighted by atomic mass is 10.1. The first-order valence-corrected chi connectivity index (χ1v) is 7.95. The fraction of sp³-hybridized carbons (Fsp3) is 0.0526. The summed E-state index contributed by atoms with van der Waals surface area (Å²) >= 11 is 0. The first-order valence-electron chi connectivity index (χ1n) is 7.95. The molecule has 4 aromatic rings. The van der Waals surface area contributed by atoms with Crippen molar-refractivity contribution in [3.63, 3.8) is 0 Å². The van der Waals surface area contributed by atoms with E-state index in [1.165, 1.54) is 18.2 Å². The van der Waals surface area contributed by atoms with Gasteiger partial charge >= 0.3 is 0 Å². The fourth-order valence-corrected chi connectivity index (χ4v) is 2.86. The number of hydrogen-bond donors (Lipinski definition) is 2. The van der Waals surface area contributed by atoms with Crippen LogP contribution in [0.15, 0.2) is 54.7 Å². The second-order valence-corrected chi connectivity index (χ2v) is 5.77. The molecule has 0 aliphatic rings. The number of para-hydroxylation sites is 1. The van der Waals surface area contributed by atoms with Crippen LogP contribution in [-0.4, -0.2) is 20.9 Å². The Morgan fingerprint density at radius 3 is 2.85 bits per heavy atom. The van der Waals surface area contributed by atoms with Gasteiger partial charge in [0, 0.05) is 29.6 Å². The molecule has 128 valence electrons. The number of hydrogen-bond acceptors (Lipinski definition) is 5. The Morgan fingerprint density at radius 1 is 1.12 bits per heavy atom. The Balaban J connectivity index is 1.65. The molecule has 3 N–H and O–H groups in total. The molecule has 26 heavy (non-hydrogen) atoms. The van der Waals surface area contributed by atoms with Crippen molar-refractivity contribution in [3.05, 3.63) is 71.8 Å². The SMILES string of the molecule is Nc1nc(C(=O)NCc2cccc3cccnc23)c2ccc(F)cc2n1. The molecule has 0 radical (unpaired) electrons. The third-order valence-electron chi connectivity index (χ3n) is 4.05. The van der Waals surface area contributed by atoms with E-state index in [1.807, 2.05) is 30.3 Å². The predicted molar refractivity (Wildman–Crippen MR) is 96.8 cm³/mol. The summed E-state index contributed by atoms with van der Waals surface area (Å²) < 4.78 is 13.4. The highest BCUT2D eigenvalue weighted by Crippen LogP contribution is 2.19. The van der Waals surface area contributed by atoms with Gasteiger partial charge in [-0.1, -0.05) is 24.3 Å². The summed E-state index contributed by atoms with van der Waals surface area (Å²) in [5, 5.41) is 4.25. The fourth-order valence-electron chi connectivity index (χ4n) is 2.86. The molecule has 0 atom stereocenters. The van der Waals surface area contributed by atoms with Crippen molar-refractivity contribution in [1.82, 2.24) is 20.3 Å². The van der Waals surface area contributed by atoms with Crippen molar-refractivity contribution >= 4 is 33.7 Å². The molecule has 2 aromatic carbocycles. The van der Waals surface area contributed by atoms with Crippen LogP contribution in [0.1, 0.15) is 16.1 Å². The largest absolute Gasteiger partial charge is 0.368 e. The summed E-state index contributed by atoms with van der Waals surface area (Å²) in [4.78, 5) is 25.0. The summed E-state index contributed by atoms with van der Waals surface area (Å²) in [6, 6.07) is 13.5. The summed E-state index contributed by atoms with van der Waals surface area (Å²) in [6.07, 6.45) is 1.71. The number of fused-ring (bicyclic) bond motifs is 2. The normalized spacial score (nSPS) is 11.0. The first-order chi connectivity index (χ1) is 12.6. The monoisotopic (exact) mass is 347 g/mol. The van der Waals surface area contributed by atoms with Gasteiger partial charge in [-0.25, -0.2) is 14.4 Å². The highest BCUT2D eigenvalue weighted by Gasteiger charge is 2.15. The van der Waals surface area contributed by atoms with E-state index in [-0.39, 0.29) is 23.7 Å². The zero-order valence-electron chi connectivity index (χ0n) is 13.6. The molecule has 0 unspecified atom stereocenters. The molecule has 6 nitrogen and oxygen atoms in total. The smallest absolute Gasteiger partial charge is 0.271 e. The summed E-state index contributed by atoms with van der Waals surface area (Å²) in [6.45, 7) is 0.278. The Bertz CT molecular complexity index is 1130. The van der Waals surface area contributed by atoms with Gasteiger partial charge in [0.15, 0.2) is 0 Å². The minimum Gasteiger partial charge on any atom is -0.368 e. The minimum absolute atomic E-state index is 0.0833. The van der Waals surface area contributed by atoms with Gasteiger partial charge in [0.25, 0.3) is 5.91 Å². The molecule has 4 rings (SSSR count). The standard InChI is InChI=1S/C19H14FN5O/c20-13-6-7-14-15(9-13)24-19(21)25-17(14)18(26)23-10-12-4-1-3-11-5-2-8-22-16(11)12/h1-9H,10H2,(H,23,26)(H2,21,24,25). The maximum absolute atomic E-state index is 13.4. The Labute approximate surface area is 147 Å². The molecule has 0 aliphatic heterocycles. The molecule has 2 heterocycles. The van der Waals surface area contributed by atoms with Crippen LogP contribution in [-0.2, 0) is 6.54 Å². The van der Waals surface area contributed by atoms with Gasteiger partial charge in [-0.3, -0.25) is 9.78 Å². The van der Waals surface area contributed by atoms with Crippen LogP contribution in [0.3, 0.4) is 0 Å². The van der Waals surface area contributed by atoms with Crippen LogP contribution in [0.25, 0.3) is 21.8 Å². The number of nitrogens with two attached hydrogens (primary N) is 1. The molecule has 0 saturated heterocycles. The van der Waals surface area contributed by atoms with Crippen molar-refractivity contribution in [2.24, 2.45) is 0 Å². The number of amides is 1. The van der Waals surface area contributed by atoms with Crippen LogP contribution in [0.4, 0.5) is 10.3 Å². The molecular weight excluding hydrogens is 333 g/mol. The highest BCUT2D eigenvalue weighted by atomic mass is 19.1. The topological polar surface area (TPSA) is 93.8 Å². The Morgan fingerprint density at radius 2 is 1.96 bits per heavy atom. The van der Waals surface area contributed by atoms with Gasteiger partial charge < -0.3 is 11.1 Å². The van der Waals surface area contributed by atoms with Gasteiger partial charge in [0.2, 0.25) is 5.95 Å². The number of anilines is 1. The van der Waals surface area contributed by atoms with Crippen molar-refractivity contribution in [2.45, 2.75) is 6.54 Å². The lowest BCUT2D eigenvalue weighted by Gasteiger charge is -2.09. The van der Waals surface area contributed by atoms with Crippen LogP contribution in [0, 0.1) is 5.82 Å². The van der Waals surface area contributed by atoms with Crippen molar-refractivity contribution in [2.75, 3.05) is 5.73 Å². The minimum atomic E-state index is -0.455. The van der Waals surface area contributed by atoms with E-state index in [2.05, 4.69) is 20.3 Å². The van der Waals surface area contributed by atoms with Gasteiger partial charge in [0.05, 0.1) is 11.0 Å². The van der Waals surface area contributed by atoms with E-state index < -0.39 is 11.7 Å². The molecule has 0 saturated carbocycles. The number of rotatable bonds is 3. The lowest BCUT2D eigenvalue weighted by Crippen LogP contribution is -2.25. The third-order valence-corrected chi connectivity index (χ3v) is 4.05. The van der Waals surface area contributed by atoms with Crippen LogP contribution >= 0.6 is 0 Å². The second kappa shape index (κ2) is 6.36. The molecule has 7 heteroatoms. The number of benzene rings is 2. The van der Waals surface area contributed by atoms with E-state index in [0.29, 0.717) is 5.39 Å². The second-order valence-electron chi connectivity index (χ2n) is 5.77.